The number of pyridine rings is 1. The van der Waals surface area contributed by atoms with Gasteiger partial charge in [-0.3, -0.25) is 9.88 Å². The Balaban J connectivity index is 1.52. The van der Waals surface area contributed by atoms with Gasteiger partial charge in [0.25, 0.3) is 0 Å². The molecule has 170 valence electrons. The topological polar surface area (TPSA) is 67.1 Å². The first-order valence-corrected chi connectivity index (χ1v) is 10.5. The average molecular weight is 450 g/mol. The van der Waals surface area contributed by atoms with Crippen LogP contribution in [0.2, 0.25) is 0 Å². The first kappa shape index (κ1) is 22.7. The van der Waals surface area contributed by atoms with Gasteiger partial charge in [-0.25, -0.2) is 18.4 Å². The van der Waals surface area contributed by atoms with Crippen molar-refractivity contribution < 1.29 is 13.9 Å². The zero-order valence-corrected chi connectivity index (χ0v) is 18.5. The average Bonchev–Trinajstić information content (AvgIpc) is 3.27. The standard InChI is InChI=1S/C25H25F2N5O/c1-18-3-5-19(6-4-18)20-7-9-22(29-12-20)13-31(2)14-25(33,15-32-17-28-16-30-32)23-10-8-21(26)11-24(23)27/h3-12,16-17,33H,13-15H2,1-2H3. The van der Waals surface area contributed by atoms with Crippen molar-refractivity contribution in [2.45, 2.75) is 25.6 Å². The van der Waals surface area contributed by atoms with Crippen molar-refractivity contribution in [2.24, 2.45) is 0 Å². The maximum Gasteiger partial charge on any atom is 0.137 e. The van der Waals surface area contributed by atoms with Crippen LogP contribution in [-0.4, -0.2) is 43.3 Å². The van der Waals surface area contributed by atoms with Gasteiger partial charge in [-0.15, -0.1) is 0 Å². The Hall–Kier alpha value is -3.49. The second kappa shape index (κ2) is 9.56. The Morgan fingerprint density at radius 1 is 1.03 bits per heavy atom. The number of hydrogen-bond acceptors (Lipinski definition) is 5. The molecule has 2 heterocycles. The van der Waals surface area contributed by atoms with Gasteiger partial charge in [-0.2, -0.15) is 5.10 Å². The molecule has 0 aliphatic carbocycles. The fourth-order valence-corrected chi connectivity index (χ4v) is 3.88. The fourth-order valence-electron chi connectivity index (χ4n) is 3.88. The summed E-state index contributed by atoms with van der Waals surface area (Å²) in [4.78, 5) is 10.3. The molecule has 0 aliphatic rings. The van der Waals surface area contributed by atoms with Crippen LogP contribution in [0.25, 0.3) is 11.1 Å². The smallest absolute Gasteiger partial charge is 0.137 e. The lowest BCUT2D eigenvalue weighted by Crippen LogP contribution is -2.43. The Morgan fingerprint density at radius 3 is 2.42 bits per heavy atom. The quantitative estimate of drug-likeness (QED) is 0.441. The third-order valence-electron chi connectivity index (χ3n) is 5.50. The van der Waals surface area contributed by atoms with Gasteiger partial charge in [0.2, 0.25) is 0 Å². The van der Waals surface area contributed by atoms with Crippen molar-refractivity contribution in [3.63, 3.8) is 0 Å². The molecule has 0 spiro atoms. The Labute approximate surface area is 191 Å². The summed E-state index contributed by atoms with van der Waals surface area (Å²) in [5.41, 5.74) is 2.42. The molecule has 4 aromatic rings. The van der Waals surface area contributed by atoms with Crippen LogP contribution in [0.5, 0.6) is 0 Å². The highest BCUT2D eigenvalue weighted by molar-refractivity contribution is 5.62. The van der Waals surface area contributed by atoms with Gasteiger partial charge in [0.15, 0.2) is 0 Å². The van der Waals surface area contributed by atoms with E-state index in [1.165, 1.54) is 29.0 Å². The number of hydrogen-bond donors (Lipinski definition) is 1. The highest BCUT2D eigenvalue weighted by Gasteiger charge is 2.35. The van der Waals surface area contributed by atoms with Crippen LogP contribution in [0.3, 0.4) is 0 Å². The van der Waals surface area contributed by atoms with Gasteiger partial charge < -0.3 is 5.11 Å². The van der Waals surface area contributed by atoms with Crippen molar-refractivity contribution in [2.75, 3.05) is 13.6 Å². The lowest BCUT2D eigenvalue weighted by molar-refractivity contribution is -0.0177. The van der Waals surface area contributed by atoms with E-state index in [1.54, 1.807) is 0 Å². The second-order valence-corrected chi connectivity index (χ2v) is 8.33. The highest BCUT2D eigenvalue weighted by Crippen LogP contribution is 2.28. The van der Waals surface area contributed by atoms with Gasteiger partial charge in [-0.1, -0.05) is 42.0 Å². The van der Waals surface area contributed by atoms with Crippen molar-refractivity contribution in [1.82, 2.24) is 24.6 Å². The van der Waals surface area contributed by atoms with Crippen LogP contribution in [0.1, 0.15) is 16.8 Å². The number of rotatable bonds is 8. The molecule has 8 heteroatoms. The molecule has 6 nitrogen and oxygen atoms in total. The Bertz CT molecular complexity index is 1200. The summed E-state index contributed by atoms with van der Waals surface area (Å²) in [5, 5.41) is 15.5. The third-order valence-corrected chi connectivity index (χ3v) is 5.50. The second-order valence-electron chi connectivity index (χ2n) is 8.33. The molecular formula is C25H25F2N5O. The van der Waals surface area contributed by atoms with Crippen LogP contribution in [-0.2, 0) is 18.7 Å². The van der Waals surface area contributed by atoms with Crippen molar-refractivity contribution in [1.29, 1.82) is 0 Å². The third kappa shape index (κ3) is 5.47. The predicted octanol–water partition coefficient (Wildman–Crippen LogP) is 3.95. The van der Waals surface area contributed by atoms with E-state index in [0.717, 1.165) is 29.0 Å². The molecular weight excluding hydrogens is 424 g/mol. The van der Waals surface area contributed by atoms with Crippen LogP contribution in [0.4, 0.5) is 8.78 Å². The zero-order chi connectivity index (χ0) is 23.4. The molecule has 1 N–H and O–H groups in total. The van der Waals surface area contributed by atoms with Crippen LogP contribution in [0, 0.1) is 18.6 Å². The molecule has 33 heavy (non-hydrogen) atoms. The van der Waals surface area contributed by atoms with Gasteiger partial charge >= 0.3 is 0 Å². The summed E-state index contributed by atoms with van der Waals surface area (Å²) >= 11 is 0. The van der Waals surface area contributed by atoms with E-state index in [2.05, 4.69) is 39.3 Å². The number of benzene rings is 2. The van der Waals surface area contributed by atoms with Crippen LogP contribution >= 0.6 is 0 Å². The summed E-state index contributed by atoms with van der Waals surface area (Å²) in [6.45, 7) is 2.50. The number of aliphatic hydroxyl groups is 1. The molecule has 0 saturated carbocycles. The molecule has 2 aromatic heterocycles. The summed E-state index contributed by atoms with van der Waals surface area (Å²) < 4.78 is 29.5. The number of aromatic nitrogens is 4. The predicted molar refractivity (Wildman–Crippen MR) is 121 cm³/mol. The first-order chi connectivity index (χ1) is 15.8. The van der Waals surface area contributed by atoms with Crippen LogP contribution < -0.4 is 0 Å². The minimum Gasteiger partial charge on any atom is -0.382 e. The maximum absolute atomic E-state index is 14.6. The lowest BCUT2D eigenvalue weighted by atomic mass is 9.92. The number of aryl methyl sites for hydroxylation is 1. The minimum absolute atomic E-state index is 0.00562. The van der Waals surface area contributed by atoms with Gasteiger partial charge in [0, 0.05) is 36.5 Å². The maximum atomic E-state index is 14.6. The molecule has 1 atom stereocenters. The minimum atomic E-state index is -1.66. The van der Waals surface area contributed by atoms with E-state index in [1.807, 2.05) is 37.2 Å². The van der Waals surface area contributed by atoms with E-state index in [9.17, 15) is 13.9 Å². The lowest BCUT2D eigenvalue weighted by Gasteiger charge is -2.33. The van der Waals surface area contributed by atoms with E-state index in [-0.39, 0.29) is 18.7 Å². The monoisotopic (exact) mass is 449 g/mol. The molecule has 0 bridgehead atoms. The highest BCUT2D eigenvalue weighted by atomic mass is 19.1. The number of halogens is 2. The summed E-state index contributed by atoms with van der Waals surface area (Å²) in [7, 11) is 1.81. The fraction of sp³-hybridized carbons (Fsp3) is 0.240. The molecule has 4 rings (SSSR count). The summed E-state index contributed by atoms with van der Waals surface area (Å²) in [6, 6.07) is 15.3. The van der Waals surface area contributed by atoms with E-state index in [0.29, 0.717) is 6.54 Å². The first-order valence-electron chi connectivity index (χ1n) is 10.5. The Morgan fingerprint density at radius 2 is 1.79 bits per heavy atom. The molecule has 1 unspecified atom stereocenters. The summed E-state index contributed by atoms with van der Waals surface area (Å²) in [6.07, 6.45) is 4.59. The van der Waals surface area contributed by atoms with Crippen molar-refractivity contribution >= 4 is 0 Å². The van der Waals surface area contributed by atoms with Crippen molar-refractivity contribution in [3.05, 3.63) is 102 Å². The molecule has 0 fully saturated rings. The number of nitrogens with zero attached hydrogens (tertiary/aromatic N) is 5. The molecule has 0 amide bonds. The molecule has 0 saturated heterocycles. The van der Waals surface area contributed by atoms with Crippen molar-refractivity contribution in [3.8, 4) is 11.1 Å². The van der Waals surface area contributed by atoms with Gasteiger partial charge in [0.1, 0.15) is 29.9 Å². The number of likely N-dealkylation sites (N-methyl/N-ethyl adjacent to an activating group) is 1. The van der Waals surface area contributed by atoms with E-state index in [4.69, 9.17) is 0 Å². The molecule has 0 radical (unpaired) electrons. The zero-order valence-electron chi connectivity index (χ0n) is 18.5. The van der Waals surface area contributed by atoms with Gasteiger partial charge in [-0.05, 0) is 31.7 Å². The van der Waals surface area contributed by atoms with Crippen LogP contribution in [0.15, 0.2) is 73.4 Å². The van der Waals surface area contributed by atoms with E-state index >= 15 is 0 Å². The Kier molecular flexibility index (Phi) is 6.57. The largest absolute Gasteiger partial charge is 0.382 e. The summed E-state index contributed by atoms with van der Waals surface area (Å²) in [5.74, 6) is -1.52. The van der Waals surface area contributed by atoms with Gasteiger partial charge in [0.05, 0.1) is 12.2 Å². The van der Waals surface area contributed by atoms with E-state index < -0.39 is 17.2 Å². The SMILES string of the molecule is Cc1ccc(-c2ccc(CN(C)CC(O)(Cn3cncn3)c3ccc(F)cc3F)nc2)cc1. The molecule has 2 aromatic carbocycles. The molecule has 0 aliphatic heterocycles. The normalized spacial score (nSPS) is 13.3.